The number of methoxy groups -OCH3 is 1. The van der Waals surface area contributed by atoms with Gasteiger partial charge in [-0.15, -0.1) is 0 Å². The van der Waals surface area contributed by atoms with E-state index in [0.29, 0.717) is 33.6 Å². The number of amides is 1. The van der Waals surface area contributed by atoms with Crippen LogP contribution in [0.3, 0.4) is 0 Å². The van der Waals surface area contributed by atoms with E-state index >= 15 is 0 Å². The number of ether oxygens (including phenoxy) is 1. The minimum Gasteiger partial charge on any atom is -0.504 e. The highest BCUT2D eigenvalue weighted by molar-refractivity contribution is 8.18. The molecule has 0 aromatic heterocycles. The number of carboxylic acids is 1. The molecule has 0 spiro atoms. The van der Waals surface area contributed by atoms with Gasteiger partial charge >= 0.3 is 5.97 Å². The summed E-state index contributed by atoms with van der Waals surface area (Å²) in [6.45, 7) is 2.27. The highest BCUT2D eigenvalue weighted by atomic mass is 32.2. The predicted molar refractivity (Wildman–Crippen MR) is 108 cm³/mol. The summed E-state index contributed by atoms with van der Waals surface area (Å²) in [7, 11) is 1.45. The fraction of sp³-hybridized carbons (Fsp3) is 0.150. The van der Waals surface area contributed by atoms with Crippen molar-refractivity contribution in [2.75, 3.05) is 13.7 Å². The number of phenolic OH excluding ortho intramolecular Hbond substituents is 1. The zero-order valence-corrected chi connectivity index (χ0v) is 16.1. The zero-order chi connectivity index (χ0) is 20.3. The van der Waals surface area contributed by atoms with Crippen LogP contribution < -0.4 is 4.74 Å². The highest BCUT2D eigenvalue weighted by Crippen LogP contribution is 2.35. The van der Waals surface area contributed by atoms with E-state index in [1.807, 2.05) is 6.92 Å². The molecule has 2 aromatic carbocycles. The second-order valence-corrected chi connectivity index (χ2v) is 6.85. The van der Waals surface area contributed by atoms with Crippen LogP contribution in [0.4, 0.5) is 5.69 Å². The van der Waals surface area contributed by atoms with E-state index < -0.39 is 5.97 Å². The molecule has 0 unspecified atom stereocenters. The summed E-state index contributed by atoms with van der Waals surface area (Å²) in [5.74, 6) is -0.888. The lowest BCUT2D eigenvalue weighted by molar-refractivity contribution is -0.122. The van der Waals surface area contributed by atoms with Gasteiger partial charge in [-0.3, -0.25) is 9.69 Å². The Hall–Kier alpha value is -3.26. The first-order valence-electron chi connectivity index (χ1n) is 8.43. The van der Waals surface area contributed by atoms with E-state index in [1.165, 1.54) is 42.0 Å². The number of carbonyl (C=O) groups is 2. The lowest BCUT2D eigenvalue weighted by Gasteiger charge is -2.12. The van der Waals surface area contributed by atoms with Crippen LogP contribution in [0.15, 0.2) is 52.4 Å². The Morgan fingerprint density at radius 3 is 2.75 bits per heavy atom. The summed E-state index contributed by atoms with van der Waals surface area (Å²) in [6, 6.07) is 11.1. The van der Waals surface area contributed by atoms with E-state index in [9.17, 15) is 14.7 Å². The monoisotopic (exact) mass is 398 g/mol. The van der Waals surface area contributed by atoms with E-state index in [0.717, 1.165) is 0 Å². The Bertz CT molecular complexity index is 1000. The molecule has 2 aromatic rings. The number of thioether (sulfide) groups is 1. The van der Waals surface area contributed by atoms with Crippen LogP contribution in [0.2, 0.25) is 0 Å². The van der Waals surface area contributed by atoms with E-state index in [2.05, 4.69) is 4.99 Å². The maximum absolute atomic E-state index is 12.7. The lowest BCUT2D eigenvalue weighted by atomic mass is 10.2. The Labute approximate surface area is 166 Å². The first-order chi connectivity index (χ1) is 13.4. The minimum atomic E-state index is -1.04. The smallest absolute Gasteiger partial charge is 0.335 e. The van der Waals surface area contributed by atoms with E-state index in [1.54, 1.807) is 30.3 Å². The van der Waals surface area contributed by atoms with Gasteiger partial charge in [0.15, 0.2) is 16.7 Å². The summed E-state index contributed by atoms with van der Waals surface area (Å²) in [5, 5.41) is 19.3. The van der Waals surface area contributed by atoms with Gasteiger partial charge in [-0.1, -0.05) is 12.1 Å². The van der Waals surface area contributed by atoms with Crippen LogP contribution in [-0.2, 0) is 4.79 Å². The Balaban J connectivity index is 1.94. The lowest BCUT2D eigenvalue weighted by Crippen LogP contribution is -2.28. The third-order valence-corrected chi connectivity index (χ3v) is 5.03. The number of hydrogen-bond acceptors (Lipinski definition) is 6. The molecular formula is C20H18N2O5S. The first-order valence-corrected chi connectivity index (χ1v) is 9.25. The SMILES string of the molecule is CCN1C(=O)/C(=C/c2ccc(O)c(OC)c2)SC1=Nc1cccc(C(=O)O)c1. The molecule has 1 aliphatic rings. The van der Waals surface area contributed by atoms with Crippen molar-refractivity contribution in [2.24, 2.45) is 4.99 Å². The molecule has 0 aliphatic carbocycles. The fourth-order valence-electron chi connectivity index (χ4n) is 2.62. The van der Waals surface area contributed by atoms with Gasteiger partial charge in [-0.25, -0.2) is 9.79 Å². The van der Waals surface area contributed by atoms with Gasteiger partial charge < -0.3 is 14.9 Å². The second kappa shape index (κ2) is 8.18. The van der Waals surface area contributed by atoms with Crippen molar-refractivity contribution in [3.63, 3.8) is 0 Å². The van der Waals surface area contributed by atoms with Crippen LogP contribution in [0.1, 0.15) is 22.8 Å². The Morgan fingerprint density at radius 1 is 1.29 bits per heavy atom. The van der Waals surface area contributed by atoms with Gasteiger partial charge in [-0.05, 0) is 60.7 Å². The number of hydrogen-bond donors (Lipinski definition) is 2. The summed E-state index contributed by atoms with van der Waals surface area (Å²) < 4.78 is 5.10. The van der Waals surface area contributed by atoms with Crippen LogP contribution >= 0.6 is 11.8 Å². The minimum absolute atomic E-state index is 0.0193. The van der Waals surface area contributed by atoms with E-state index in [-0.39, 0.29) is 17.2 Å². The fourth-order valence-corrected chi connectivity index (χ4v) is 3.69. The van der Waals surface area contributed by atoms with Crippen molar-refractivity contribution in [3.8, 4) is 11.5 Å². The standard InChI is InChI=1S/C20H18N2O5S/c1-3-22-18(24)17(10-12-7-8-15(23)16(9-12)27-2)28-20(22)21-14-6-4-5-13(11-14)19(25)26/h4-11,23H,3H2,1-2H3,(H,25,26)/b17-10-,21-20?. The molecule has 1 fully saturated rings. The second-order valence-electron chi connectivity index (χ2n) is 5.84. The predicted octanol–water partition coefficient (Wildman–Crippen LogP) is 3.72. The number of aromatic carboxylic acids is 1. The van der Waals surface area contributed by atoms with E-state index in [4.69, 9.17) is 9.84 Å². The summed E-state index contributed by atoms with van der Waals surface area (Å²) in [4.78, 5) is 30.3. The van der Waals surface area contributed by atoms with Crippen LogP contribution in [-0.4, -0.2) is 45.8 Å². The normalized spacial score (nSPS) is 16.8. The number of nitrogens with zero attached hydrogens (tertiary/aromatic N) is 2. The first kappa shape index (κ1) is 19.5. The number of benzene rings is 2. The number of carboxylic acid groups (broad SMARTS) is 1. The molecule has 0 atom stereocenters. The molecule has 7 nitrogen and oxygen atoms in total. The van der Waals surface area contributed by atoms with Crippen LogP contribution in [0.5, 0.6) is 11.5 Å². The van der Waals surface area contributed by atoms with Crippen LogP contribution in [0.25, 0.3) is 6.08 Å². The zero-order valence-electron chi connectivity index (χ0n) is 15.2. The molecule has 0 saturated carbocycles. The van der Waals surface area contributed by atoms with Crippen molar-refractivity contribution in [2.45, 2.75) is 6.92 Å². The highest BCUT2D eigenvalue weighted by Gasteiger charge is 2.32. The molecular weight excluding hydrogens is 380 g/mol. The quantitative estimate of drug-likeness (QED) is 0.745. The Morgan fingerprint density at radius 2 is 2.07 bits per heavy atom. The Kier molecular flexibility index (Phi) is 5.70. The average molecular weight is 398 g/mol. The molecule has 0 radical (unpaired) electrons. The molecule has 144 valence electrons. The molecule has 0 bridgehead atoms. The van der Waals surface area contributed by atoms with Crippen molar-refractivity contribution in [3.05, 3.63) is 58.5 Å². The average Bonchev–Trinajstić information content (AvgIpc) is 2.97. The molecule has 8 heteroatoms. The summed E-state index contributed by atoms with van der Waals surface area (Å²) in [5.41, 5.74) is 1.29. The van der Waals surface area contributed by atoms with Gasteiger partial charge in [0, 0.05) is 6.54 Å². The number of amidine groups is 1. The number of rotatable bonds is 5. The van der Waals surface area contributed by atoms with Crippen LogP contribution in [0, 0.1) is 0 Å². The van der Waals surface area contributed by atoms with Gasteiger partial charge in [0.1, 0.15) is 0 Å². The van der Waals surface area contributed by atoms with Crippen molar-refractivity contribution < 1.29 is 24.5 Å². The number of carbonyl (C=O) groups excluding carboxylic acids is 1. The third-order valence-electron chi connectivity index (χ3n) is 4.02. The number of likely N-dealkylation sites (N-methyl/N-ethyl adjacent to an activating group) is 1. The van der Waals surface area contributed by atoms with Gasteiger partial charge in [0.25, 0.3) is 5.91 Å². The maximum atomic E-state index is 12.7. The molecule has 1 aliphatic heterocycles. The summed E-state index contributed by atoms with van der Waals surface area (Å²) >= 11 is 1.21. The van der Waals surface area contributed by atoms with Crippen molar-refractivity contribution in [1.29, 1.82) is 0 Å². The molecule has 2 N–H and O–H groups in total. The number of aromatic hydroxyl groups is 1. The molecule has 1 amide bonds. The van der Waals surface area contributed by atoms with Gasteiger partial charge in [0.2, 0.25) is 0 Å². The van der Waals surface area contributed by atoms with Gasteiger partial charge in [-0.2, -0.15) is 0 Å². The van der Waals surface area contributed by atoms with Crippen molar-refractivity contribution >= 4 is 40.6 Å². The van der Waals surface area contributed by atoms with Crippen molar-refractivity contribution in [1.82, 2.24) is 4.90 Å². The molecule has 28 heavy (non-hydrogen) atoms. The molecule has 3 rings (SSSR count). The molecule has 1 saturated heterocycles. The maximum Gasteiger partial charge on any atom is 0.335 e. The molecule has 1 heterocycles. The topological polar surface area (TPSA) is 99.4 Å². The largest absolute Gasteiger partial charge is 0.504 e. The number of aliphatic imine (C=N–C) groups is 1. The van der Waals surface area contributed by atoms with Gasteiger partial charge in [0.05, 0.1) is 23.3 Å². The summed E-state index contributed by atoms with van der Waals surface area (Å²) in [6.07, 6.45) is 1.70. The third kappa shape index (κ3) is 4.01. The number of phenols is 1.